The fourth-order valence-corrected chi connectivity index (χ4v) is 1.93. The van der Waals surface area contributed by atoms with Crippen molar-refractivity contribution in [2.24, 2.45) is 11.3 Å². The molecule has 0 bridgehead atoms. The minimum atomic E-state index is 0.355. The fourth-order valence-electron chi connectivity index (χ4n) is 1.93. The third-order valence-electron chi connectivity index (χ3n) is 4.41. The van der Waals surface area contributed by atoms with Gasteiger partial charge in [-0.3, -0.25) is 0 Å². The van der Waals surface area contributed by atoms with Crippen molar-refractivity contribution in [3.8, 4) is 0 Å². The first kappa shape index (κ1) is 15.2. The molecule has 1 rings (SSSR count). The molecule has 0 aliphatic carbocycles. The Labute approximate surface area is 113 Å². The van der Waals surface area contributed by atoms with Gasteiger partial charge in [0.05, 0.1) is 0 Å². The van der Waals surface area contributed by atoms with Crippen molar-refractivity contribution in [3.63, 3.8) is 0 Å². The van der Waals surface area contributed by atoms with Gasteiger partial charge in [0.2, 0.25) is 0 Å². The lowest BCUT2D eigenvalue weighted by Gasteiger charge is -2.29. The molecule has 0 aliphatic heterocycles. The quantitative estimate of drug-likeness (QED) is 0.814. The van der Waals surface area contributed by atoms with E-state index < -0.39 is 0 Å². The number of benzene rings is 1. The van der Waals surface area contributed by atoms with Crippen LogP contribution in [0.1, 0.15) is 49.9 Å². The van der Waals surface area contributed by atoms with E-state index in [2.05, 4.69) is 65.9 Å². The Balaban J connectivity index is 2.62. The molecule has 18 heavy (non-hydrogen) atoms. The van der Waals surface area contributed by atoms with E-state index in [9.17, 15) is 0 Å². The maximum atomic E-state index is 3.61. The van der Waals surface area contributed by atoms with Gasteiger partial charge in [-0.15, -0.1) is 0 Å². The molecule has 0 saturated heterocycles. The van der Waals surface area contributed by atoms with E-state index >= 15 is 0 Å². The molecule has 102 valence electrons. The number of hydrogen-bond acceptors (Lipinski definition) is 1. The first-order chi connectivity index (χ1) is 8.24. The Morgan fingerprint density at radius 2 is 1.56 bits per heavy atom. The van der Waals surface area contributed by atoms with Crippen molar-refractivity contribution in [2.45, 2.75) is 55.0 Å². The van der Waals surface area contributed by atoms with Crippen LogP contribution in [0.2, 0.25) is 0 Å². The first-order valence-corrected chi connectivity index (χ1v) is 7.01. The molecule has 1 heteroatoms. The molecule has 0 unspecified atom stereocenters. The molecule has 0 amide bonds. The lowest BCUT2D eigenvalue weighted by Crippen LogP contribution is -2.33. The second-order valence-electron chi connectivity index (χ2n) is 6.61. The molecule has 1 N–H and O–H groups in total. The molecule has 0 saturated carbocycles. The predicted molar refractivity (Wildman–Crippen MR) is 81.0 cm³/mol. The van der Waals surface area contributed by atoms with E-state index in [1.807, 2.05) is 0 Å². The van der Waals surface area contributed by atoms with Gasteiger partial charge >= 0.3 is 0 Å². The molecule has 1 nitrogen and oxygen atoms in total. The van der Waals surface area contributed by atoms with E-state index in [1.54, 1.807) is 0 Å². The van der Waals surface area contributed by atoms with Crippen LogP contribution in [0.25, 0.3) is 0 Å². The van der Waals surface area contributed by atoms with Crippen molar-refractivity contribution < 1.29 is 0 Å². The SMILES string of the molecule is Cc1cc(C)c(CNCC(C)(C)C(C)C)cc1C. The molecule has 0 aromatic heterocycles. The van der Waals surface area contributed by atoms with Gasteiger partial charge in [0.15, 0.2) is 0 Å². The average molecular weight is 247 g/mol. The fraction of sp³-hybridized carbons (Fsp3) is 0.647. The summed E-state index contributed by atoms with van der Waals surface area (Å²) >= 11 is 0. The molecule has 0 heterocycles. The molecule has 0 radical (unpaired) electrons. The zero-order chi connectivity index (χ0) is 13.9. The summed E-state index contributed by atoms with van der Waals surface area (Å²) in [5.74, 6) is 0.700. The number of aryl methyl sites for hydroxylation is 3. The van der Waals surface area contributed by atoms with E-state index in [4.69, 9.17) is 0 Å². The van der Waals surface area contributed by atoms with Crippen molar-refractivity contribution in [1.82, 2.24) is 5.32 Å². The number of rotatable bonds is 5. The smallest absolute Gasteiger partial charge is 0.0208 e. The van der Waals surface area contributed by atoms with Crippen LogP contribution in [0, 0.1) is 32.1 Å². The minimum Gasteiger partial charge on any atom is -0.312 e. The molecule has 0 atom stereocenters. The molecule has 0 fully saturated rings. The van der Waals surface area contributed by atoms with Crippen molar-refractivity contribution >= 4 is 0 Å². The Morgan fingerprint density at radius 3 is 2.11 bits per heavy atom. The average Bonchev–Trinajstić information content (AvgIpc) is 2.25. The Kier molecular flexibility index (Phi) is 4.98. The van der Waals surface area contributed by atoms with Crippen molar-refractivity contribution in [2.75, 3.05) is 6.54 Å². The second-order valence-corrected chi connectivity index (χ2v) is 6.61. The lowest BCUT2D eigenvalue weighted by molar-refractivity contribution is 0.238. The molecule has 0 spiro atoms. The summed E-state index contributed by atoms with van der Waals surface area (Å²) in [4.78, 5) is 0. The summed E-state index contributed by atoms with van der Waals surface area (Å²) in [7, 11) is 0. The molecular weight excluding hydrogens is 218 g/mol. The van der Waals surface area contributed by atoms with Gasteiger partial charge < -0.3 is 5.32 Å². The number of nitrogens with one attached hydrogen (secondary N) is 1. The van der Waals surface area contributed by atoms with E-state index in [-0.39, 0.29) is 0 Å². The maximum absolute atomic E-state index is 3.61. The summed E-state index contributed by atoms with van der Waals surface area (Å²) in [6.45, 7) is 17.9. The predicted octanol–water partition coefficient (Wildman–Crippen LogP) is 4.38. The standard InChI is InChI=1S/C17H29N/c1-12(2)17(6,7)11-18-10-16-9-14(4)13(3)8-15(16)5/h8-9,12,18H,10-11H2,1-7H3. The Morgan fingerprint density at radius 1 is 1.00 bits per heavy atom. The van der Waals surface area contributed by atoms with Crippen LogP contribution in [0.5, 0.6) is 0 Å². The van der Waals surface area contributed by atoms with Crippen molar-refractivity contribution in [3.05, 3.63) is 34.4 Å². The normalized spacial score (nSPS) is 12.2. The van der Waals surface area contributed by atoms with E-state index in [1.165, 1.54) is 22.3 Å². The third kappa shape index (κ3) is 3.84. The third-order valence-corrected chi connectivity index (χ3v) is 4.41. The summed E-state index contributed by atoms with van der Waals surface area (Å²) in [6.07, 6.45) is 0. The van der Waals surface area contributed by atoms with Gasteiger partial charge in [-0.05, 0) is 54.4 Å². The van der Waals surface area contributed by atoms with Crippen LogP contribution in [0.4, 0.5) is 0 Å². The maximum Gasteiger partial charge on any atom is 0.0208 e. The van der Waals surface area contributed by atoms with Gasteiger partial charge in [-0.2, -0.15) is 0 Å². The van der Waals surface area contributed by atoms with E-state index in [0.29, 0.717) is 11.3 Å². The lowest BCUT2D eigenvalue weighted by atomic mass is 9.81. The highest BCUT2D eigenvalue weighted by atomic mass is 14.9. The van der Waals surface area contributed by atoms with Crippen LogP contribution in [-0.2, 0) is 6.54 Å². The summed E-state index contributed by atoms with van der Waals surface area (Å²) in [5.41, 5.74) is 5.96. The van der Waals surface area contributed by atoms with E-state index in [0.717, 1.165) is 13.1 Å². The first-order valence-electron chi connectivity index (χ1n) is 7.01. The zero-order valence-electron chi connectivity index (χ0n) is 13.1. The highest BCUT2D eigenvalue weighted by Gasteiger charge is 2.21. The van der Waals surface area contributed by atoms with Gasteiger partial charge in [-0.25, -0.2) is 0 Å². The molecule has 1 aromatic carbocycles. The van der Waals surface area contributed by atoms with Crippen LogP contribution in [0.3, 0.4) is 0 Å². The van der Waals surface area contributed by atoms with Crippen LogP contribution < -0.4 is 5.32 Å². The molecule has 1 aromatic rings. The largest absolute Gasteiger partial charge is 0.312 e. The van der Waals surface area contributed by atoms with Gasteiger partial charge in [-0.1, -0.05) is 39.8 Å². The number of hydrogen-bond donors (Lipinski definition) is 1. The van der Waals surface area contributed by atoms with Gasteiger partial charge in [0.1, 0.15) is 0 Å². The molecular formula is C17H29N. The zero-order valence-corrected chi connectivity index (χ0v) is 13.1. The second kappa shape index (κ2) is 5.88. The summed E-state index contributed by atoms with van der Waals surface area (Å²) in [5, 5.41) is 3.61. The highest BCUT2D eigenvalue weighted by Crippen LogP contribution is 2.25. The summed E-state index contributed by atoms with van der Waals surface area (Å²) in [6, 6.07) is 4.61. The van der Waals surface area contributed by atoms with Crippen LogP contribution in [-0.4, -0.2) is 6.54 Å². The van der Waals surface area contributed by atoms with Crippen LogP contribution in [0.15, 0.2) is 12.1 Å². The minimum absolute atomic E-state index is 0.355. The van der Waals surface area contributed by atoms with Gasteiger partial charge in [0.25, 0.3) is 0 Å². The Bertz CT molecular complexity index is 402. The monoisotopic (exact) mass is 247 g/mol. The topological polar surface area (TPSA) is 12.0 Å². The Hall–Kier alpha value is -0.820. The van der Waals surface area contributed by atoms with Gasteiger partial charge in [0, 0.05) is 13.1 Å². The summed E-state index contributed by atoms with van der Waals surface area (Å²) < 4.78 is 0. The highest BCUT2D eigenvalue weighted by molar-refractivity contribution is 5.36. The van der Waals surface area contributed by atoms with Crippen molar-refractivity contribution in [1.29, 1.82) is 0 Å². The molecule has 0 aliphatic rings. The van der Waals surface area contributed by atoms with Crippen LogP contribution >= 0.6 is 0 Å².